The predicted octanol–water partition coefficient (Wildman–Crippen LogP) is 2.92. The molecule has 0 atom stereocenters. The van der Waals surface area contributed by atoms with Crippen molar-refractivity contribution in [3.8, 4) is 5.75 Å². The Morgan fingerprint density at radius 2 is 1.89 bits per heavy atom. The van der Waals surface area contributed by atoms with Gasteiger partial charge in [-0.3, -0.25) is 4.84 Å². The molecule has 0 heterocycles. The fourth-order valence-corrected chi connectivity index (χ4v) is 1.72. The molecule has 3 heteroatoms. The maximum atomic E-state index is 9.31. The fraction of sp³-hybridized carbons (Fsp3) is 0.200. The summed E-state index contributed by atoms with van der Waals surface area (Å²) in [4.78, 5) is 5.40. The standard InChI is InChI=1S/C15H17NO2/c1-12-9-15(17)8-7-14(12)10-16-18-11-13-5-3-2-4-6-13/h2-9,16-17H,10-11H2,1H3. The number of phenols is 1. The van der Waals surface area contributed by atoms with E-state index in [2.05, 4.69) is 5.48 Å². The number of aromatic hydroxyl groups is 1. The van der Waals surface area contributed by atoms with Gasteiger partial charge < -0.3 is 5.11 Å². The summed E-state index contributed by atoms with van der Waals surface area (Å²) in [6.07, 6.45) is 0. The minimum atomic E-state index is 0.293. The van der Waals surface area contributed by atoms with Crippen molar-refractivity contribution in [2.24, 2.45) is 0 Å². The third-order valence-electron chi connectivity index (χ3n) is 2.77. The van der Waals surface area contributed by atoms with E-state index in [1.165, 1.54) is 0 Å². The Morgan fingerprint density at radius 3 is 2.61 bits per heavy atom. The van der Waals surface area contributed by atoms with Crippen LogP contribution in [0.2, 0.25) is 0 Å². The summed E-state index contributed by atoms with van der Waals surface area (Å²) < 4.78 is 0. The molecule has 2 rings (SSSR count). The molecule has 18 heavy (non-hydrogen) atoms. The van der Waals surface area contributed by atoms with Crippen LogP contribution in [-0.4, -0.2) is 5.11 Å². The van der Waals surface area contributed by atoms with E-state index in [0.717, 1.165) is 16.7 Å². The van der Waals surface area contributed by atoms with Crippen LogP contribution in [0.3, 0.4) is 0 Å². The summed E-state index contributed by atoms with van der Waals surface area (Å²) in [5.74, 6) is 0.293. The molecule has 0 spiro atoms. The minimum absolute atomic E-state index is 0.293. The highest BCUT2D eigenvalue weighted by molar-refractivity contribution is 5.33. The molecule has 0 aliphatic rings. The molecule has 0 fully saturated rings. The predicted molar refractivity (Wildman–Crippen MR) is 70.9 cm³/mol. The summed E-state index contributed by atoms with van der Waals surface area (Å²) in [7, 11) is 0. The van der Waals surface area contributed by atoms with E-state index >= 15 is 0 Å². The van der Waals surface area contributed by atoms with Gasteiger partial charge in [-0.2, -0.15) is 5.48 Å². The third-order valence-corrected chi connectivity index (χ3v) is 2.77. The van der Waals surface area contributed by atoms with Crippen molar-refractivity contribution in [2.45, 2.75) is 20.1 Å². The first-order chi connectivity index (χ1) is 8.75. The zero-order valence-corrected chi connectivity index (χ0v) is 10.4. The average molecular weight is 243 g/mol. The molecule has 0 bridgehead atoms. The molecular weight excluding hydrogens is 226 g/mol. The van der Waals surface area contributed by atoms with Crippen LogP contribution in [-0.2, 0) is 18.0 Å². The van der Waals surface area contributed by atoms with Gasteiger partial charge in [0.1, 0.15) is 5.75 Å². The Hall–Kier alpha value is -1.84. The number of nitrogens with one attached hydrogen (secondary N) is 1. The normalized spacial score (nSPS) is 10.5. The Morgan fingerprint density at radius 1 is 1.11 bits per heavy atom. The second-order valence-electron chi connectivity index (χ2n) is 4.21. The molecule has 3 nitrogen and oxygen atoms in total. The van der Waals surface area contributed by atoms with Crippen LogP contribution < -0.4 is 5.48 Å². The molecule has 0 saturated carbocycles. The molecule has 0 unspecified atom stereocenters. The van der Waals surface area contributed by atoms with Crippen molar-refractivity contribution >= 4 is 0 Å². The largest absolute Gasteiger partial charge is 0.508 e. The molecule has 2 aromatic carbocycles. The van der Waals surface area contributed by atoms with Gasteiger partial charge in [0.05, 0.1) is 6.61 Å². The van der Waals surface area contributed by atoms with Crippen LogP contribution in [0.5, 0.6) is 5.75 Å². The number of rotatable bonds is 5. The lowest BCUT2D eigenvalue weighted by molar-refractivity contribution is 0.0234. The molecule has 0 saturated heterocycles. The smallest absolute Gasteiger partial charge is 0.115 e. The summed E-state index contributed by atoms with van der Waals surface area (Å²) in [6.45, 7) is 3.13. The Bertz CT molecular complexity index is 497. The molecule has 0 aliphatic heterocycles. The van der Waals surface area contributed by atoms with Gasteiger partial charge in [-0.1, -0.05) is 36.4 Å². The number of hydrogen-bond acceptors (Lipinski definition) is 3. The Balaban J connectivity index is 1.79. The molecule has 2 N–H and O–H groups in total. The van der Waals surface area contributed by atoms with E-state index in [1.807, 2.05) is 43.3 Å². The summed E-state index contributed by atoms with van der Waals surface area (Å²) in [6, 6.07) is 15.3. The van der Waals surface area contributed by atoms with Gasteiger partial charge in [0.2, 0.25) is 0 Å². The van der Waals surface area contributed by atoms with Crippen LogP contribution in [0, 0.1) is 6.92 Å². The second-order valence-corrected chi connectivity index (χ2v) is 4.21. The first-order valence-electron chi connectivity index (χ1n) is 5.93. The van der Waals surface area contributed by atoms with Crippen molar-refractivity contribution in [3.05, 3.63) is 65.2 Å². The van der Waals surface area contributed by atoms with E-state index in [9.17, 15) is 5.11 Å². The van der Waals surface area contributed by atoms with Crippen molar-refractivity contribution in [2.75, 3.05) is 0 Å². The first kappa shape index (κ1) is 12.6. The highest BCUT2D eigenvalue weighted by Crippen LogP contribution is 2.15. The van der Waals surface area contributed by atoms with Gasteiger partial charge >= 0.3 is 0 Å². The van der Waals surface area contributed by atoms with Gasteiger partial charge in [-0.25, -0.2) is 0 Å². The lowest BCUT2D eigenvalue weighted by Gasteiger charge is -2.08. The lowest BCUT2D eigenvalue weighted by Crippen LogP contribution is -2.14. The number of benzene rings is 2. The van der Waals surface area contributed by atoms with E-state index in [0.29, 0.717) is 18.9 Å². The summed E-state index contributed by atoms with van der Waals surface area (Å²) >= 11 is 0. The average Bonchev–Trinajstić information content (AvgIpc) is 2.38. The van der Waals surface area contributed by atoms with Crippen LogP contribution in [0.4, 0.5) is 0 Å². The van der Waals surface area contributed by atoms with Crippen molar-refractivity contribution in [1.29, 1.82) is 0 Å². The van der Waals surface area contributed by atoms with E-state index in [1.54, 1.807) is 12.1 Å². The fourth-order valence-electron chi connectivity index (χ4n) is 1.72. The molecule has 0 radical (unpaired) electrons. The van der Waals surface area contributed by atoms with Crippen molar-refractivity contribution < 1.29 is 9.94 Å². The van der Waals surface area contributed by atoms with Crippen LogP contribution >= 0.6 is 0 Å². The molecule has 2 aromatic rings. The van der Waals surface area contributed by atoms with Gasteiger partial charge in [0, 0.05) is 6.54 Å². The zero-order chi connectivity index (χ0) is 12.8. The SMILES string of the molecule is Cc1cc(O)ccc1CNOCc1ccccc1. The van der Waals surface area contributed by atoms with Crippen LogP contribution in [0.25, 0.3) is 0 Å². The summed E-state index contributed by atoms with van der Waals surface area (Å²) in [5, 5.41) is 9.31. The van der Waals surface area contributed by atoms with Crippen molar-refractivity contribution in [3.63, 3.8) is 0 Å². The van der Waals surface area contributed by atoms with E-state index < -0.39 is 0 Å². The van der Waals surface area contributed by atoms with Gasteiger partial charge in [0.15, 0.2) is 0 Å². The minimum Gasteiger partial charge on any atom is -0.508 e. The topological polar surface area (TPSA) is 41.5 Å². The highest BCUT2D eigenvalue weighted by atomic mass is 16.6. The quantitative estimate of drug-likeness (QED) is 0.626. The number of aryl methyl sites for hydroxylation is 1. The third kappa shape index (κ3) is 3.58. The summed E-state index contributed by atoms with van der Waals surface area (Å²) in [5.41, 5.74) is 6.22. The monoisotopic (exact) mass is 243 g/mol. The molecule has 0 amide bonds. The first-order valence-corrected chi connectivity index (χ1v) is 5.93. The number of hydrogen-bond donors (Lipinski definition) is 2. The van der Waals surface area contributed by atoms with Gasteiger partial charge in [0.25, 0.3) is 0 Å². The van der Waals surface area contributed by atoms with Crippen LogP contribution in [0.15, 0.2) is 48.5 Å². The highest BCUT2D eigenvalue weighted by Gasteiger charge is 1.99. The second kappa shape index (κ2) is 6.19. The number of hydroxylamine groups is 1. The molecule has 0 aliphatic carbocycles. The van der Waals surface area contributed by atoms with E-state index in [-0.39, 0.29) is 0 Å². The molecular formula is C15H17NO2. The van der Waals surface area contributed by atoms with E-state index in [4.69, 9.17) is 4.84 Å². The van der Waals surface area contributed by atoms with Gasteiger partial charge in [-0.15, -0.1) is 0 Å². The molecule has 94 valence electrons. The maximum absolute atomic E-state index is 9.31. The van der Waals surface area contributed by atoms with Crippen LogP contribution in [0.1, 0.15) is 16.7 Å². The van der Waals surface area contributed by atoms with Crippen molar-refractivity contribution in [1.82, 2.24) is 5.48 Å². The van der Waals surface area contributed by atoms with Gasteiger partial charge in [-0.05, 0) is 35.7 Å². The lowest BCUT2D eigenvalue weighted by atomic mass is 10.1. The zero-order valence-electron chi connectivity index (χ0n) is 10.4. The Kier molecular flexibility index (Phi) is 4.34. The molecule has 0 aromatic heterocycles. The number of phenolic OH excluding ortho intramolecular Hbond substituents is 1. The maximum Gasteiger partial charge on any atom is 0.115 e. The Labute approximate surface area is 107 Å².